The topological polar surface area (TPSA) is 78.4 Å². The number of aliphatic hydroxyl groups excluding tert-OH is 1. The van der Waals surface area contributed by atoms with Crippen LogP contribution in [0.5, 0.6) is 0 Å². The van der Waals surface area contributed by atoms with E-state index < -0.39 is 11.5 Å². The molecule has 1 aliphatic rings. The van der Waals surface area contributed by atoms with Gasteiger partial charge in [-0.05, 0) is 25.2 Å². The quantitative estimate of drug-likeness (QED) is 0.625. The minimum atomic E-state index is -0.419. The second-order valence-corrected chi connectivity index (χ2v) is 7.03. The first-order chi connectivity index (χ1) is 9.80. The zero-order valence-corrected chi connectivity index (χ0v) is 13.6. The molecule has 0 bridgehead atoms. The van der Waals surface area contributed by atoms with Crippen LogP contribution in [0.1, 0.15) is 59.3 Å². The maximum atomic E-state index is 11.7. The molecule has 1 unspecified atom stereocenters. The second kappa shape index (κ2) is 8.37. The van der Waals surface area contributed by atoms with Crippen molar-refractivity contribution >= 4 is 11.8 Å². The lowest BCUT2D eigenvalue weighted by molar-refractivity contribution is -0.128. The van der Waals surface area contributed by atoms with Gasteiger partial charge in [-0.3, -0.25) is 9.59 Å². The molecule has 1 aliphatic carbocycles. The molecule has 0 heterocycles. The van der Waals surface area contributed by atoms with E-state index in [1.54, 1.807) is 0 Å². The van der Waals surface area contributed by atoms with Crippen LogP contribution in [0.4, 0.5) is 0 Å². The average Bonchev–Trinajstić information content (AvgIpc) is 2.93. The van der Waals surface area contributed by atoms with Crippen molar-refractivity contribution in [2.24, 2.45) is 11.3 Å². The van der Waals surface area contributed by atoms with Gasteiger partial charge in [0.2, 0.25) is 11.8 Å². The molecule has 0 aromatic rings. The van der Waals surface area contributed by atoms with Gasteiger partial charge in [-0.25, -0.2) is 0 Å². The van der Waals surface area contributed by atoms with Crippen LogP contribution >= 0.6 is 0 Å². The van der Waals surface area contributed by atoms with Gasteiger partial charge in [0.15, 0.2) is 0 Å². The first-order valence-electron chi connectivity index (χ1n) is 8.04. The molecule has 1 fully saturated rings. The van der Waals surface area contributed by atoms with E-state index in [1.807, 2.05) is 20.8 Å². The summed E-state index contributed by atoms with van der Waals surface area (Å²) < 4.78 is 0. The smallest absolute Gasteiger partial charge is 0.225 e. The molecule has 0 radical (unpaired) electrons. The average molecular weight is 298 g/mol. The van der Waals surface area contributed by atoms with Crippen LogP contribution in [-0.4, -0.2) is 36.1 Å². The highest BCUT2D eigenvalue weighted by atomic mass is 16.3. The van der Waals surface area contributed by atoms with Crippen molar-refractivity contribution in [3.63, 3.8) is 0 Å². The summed E-state index contributed by atoms with van der Waals surface area (Å²) in [6.07, 6.45) is 5.07. The van der Waals surface area contributed by atoms with Gasteiger partial charge in [0.25, 0.3) is 0 Å². The number of hydrogen-bond acceptors (Lipinski definition) is 3. The molecule has 0 aromatic heterocycles. The van der Waals surface area contributed by atoms with Crippen molar-refractivity contribution in [2.45, 2.75) is 65.4 Å². The Labute approximate surface area is 127 Å². The van der Waals surface area contributed by atoms with E-state index in [9.17, 15) is 14.7 Å². The zero-order valence-electron chi connectivity index (χ0n) is 13.6. The lowest BCUT2D eigenvalue weighted by Gasteiger charge is -2.18. The number of amides is 2. The van der Waals surface area contributed by atoms with Crippen LogP contribution in [-0.2, 0) is 9.59 Å². The molecule has 5 heteroatoms. The molecule has 3 N–H and O–H groups in total. The molecule has 1 atom stereocenters. The van der Waals surface area contributed by atoms with E-state index in [0.717, 1.165) is 12.8 Å². The second-order valence-electron chi connectivity index (χ2n) is 7.03. The Morgan fingerprint density at radius 2 is 1.81 bits per heavy atom. The summed E-state index contributed by atoms with van der Waals surface area (Å²) in [5.41, 5.74) is -0.395. The fourth-order valence-electron chi connectivity index (χ4n) is 2.53. The van der Waals surface area contributed by atoms with Crippen LogP contribution < -0.4 is 10.6 Å². The van der Waals surface area contributed by atoms with Crippen molar-refractivity contribution in [3.8, 4) is 0 Å². The molecular formula is C16H30N2O3. The summed E-state index contributed by atoms with van der Waals surface area (Å²) in [6, 6.07) is 0. The third-order valence-corrected chi connectivity index (χ3v) is 4.00. The molecule has 2 amide bonds. The van der Waals surface area contributed by atoms with Gasteiger partial charge in [-0.15, -0.1) is 0 Å². The number of carbonyl (C=O) groups excluding carboxylic acids is 2. The van der Waals surface area contributed by atoms with Crippen LogP contribution in [0.15, 0.2) is 0 Å². The molecule has 0 spiro atoms. The summed E-state index contributed by atoms with van der Waals surface area (Å²) in [5, 5.41) is 15.6. The summed E-state index contributed by atoms with van der Waals surface area (Å²) in [4.78, 5) is 23.3. The van der Waals surface area contributed by atoms with Crippen molar-refractivity contribution < 1.29 is 14.7 Å². The summed E-state index contributed by atoms with van der Waals surface area (Å²) in [6.45, 7) is 6.44. The fraction of sp³-hybridized carbons (Fsp3) is 0.875. The highest BCUT2D eigenvalue weighted by Crippen LogP contribution is 2.27. The summed E-state index contributed by atoms with van der Waals surface area (Å²) in [7, 11) is 0. The molecule has 0 aromatic carbocycles. The van der Waals surface area contributed by atoms with E-state index >= 15 is 0 Å². The molecule has 0 aliphatic heterocycles. The Morgan fingerprint density at radius 3 is 2.38 bits per heavy atom. The SMILES string of the molecule is CC(C)(C)C(=O)NCCCC(=O)NCC(O)C1CCCC1. The van der Waals surface area contributed by atoms with Gasteiger partial charge in [0.1, 0.15) is 0 Å². The van der Waals surface area contributed by atoms with Gasteiger partial charge in [0, 0.05) is 24.9 Å². The number of hydrogen-bond donors (Lipinski definition) is 3. The lowest BCUT2D eigenvalue weighted by Crippen LogP contribution is -2.37. The van der Waals surface area contributed by atoms with E-state index in [4.69, 9.17) is 0 Å². The Hall–Kier alpha value is -1.10. The number of aliphatic hydroxyl groups is 1. The standard InChI is InChI=1S/C16H30N2O3/c1-16(2,3)15(21)17-10-6-9-14(20)18-11-13(19)12-7-4-5-8-12/h12-13,19H,4-11H2,1-3H3,(H,17,21)(H,18,20). The molecule has 0 saturated heterocycles. The minimum absolute atomic E-state index is 0.000404. The van der Waals surface area contributed by atoms with Crippen molar-refractivity contribution in [1.82, 2.24) is 10.6 Å². The minimum Gasteiger partial charge on any atom is -0.391 e. The third kappa shape index (κ3) is 6.93. The molecule has 1 rings (SSSR count). The first-order valence-corrected chi connectivity index (χ1v) is 8.04. The maximum absolute atomic E-state index is 11.7. The van der Waals surface area contributed by atoms with Crippen LogP contribution in [0.25, 0.3) is 0 Å². The van der Waals surface area contributed by atoms with Gasteiger partial charge in [0.05, 0.1) is 6.10 Å². The van der Waals surface area contributed by atoms with Gasteiger partial charge >= 0.3 is 0 Å². The van der Waals surface area contributed by atoms with Crippen LogP contribution in [0.3, 0.4) is 0 Å². The Kier molecular flexibility index (Phi) is 7.15. The molecule has 1 saturated carbocycles. The van der Waals surface area contributed by atoms with Crippen molar-refractivity contribution in [1.29, 1.82) is 0 Å². The van der Waals surface area contributed by atoms with Crippen LogP contribution in [0.2, 0.25) is 0 Å². The van der Waals surface area contributed by atoms with E-state index in [0.29, 0.717) is 31.8 Å². The molecule has 122 valence electrons. The van der Waals surface area contributed by atoms with Crippen LogP contribution in [0, 0.1) is 11.3 Å². The zero-order chi connectivity index (χ0) is 15.9. The lowest BCUT2D eigenvalue weighted by atomic mass is 9.96. The molecule has 5 nitrogen and oxygen atoms in total. The summed E-state index contributed by atoms with van der Waals surface area (Å²) in [5.74, 6) is 0.285. The fourth-order valence-corrected chi connectivity index (χ4v) is 2.53. The van der Waals surface area contributed by atoms with E-state index in [-0.39, 0.29) is 11.8 Å². The normalized spacial score (nSPS) is 17.5. The molecule has 21 heavy (non-hydrogen) atoms. The Balaban J connectivity index is 2.07. The number of rotatable bonds is 7. The van der Waals surface area contributed by atoms with Crippen molar-refractivity contribution in [3.05, 3.63) is 0 Å². The van der Waals surface area contributed by atoms with Gasteiger partial charge in [-0.1, -0.05) is 33.6 Å². The Morgan fingerprint density at radius 1 is 1.19 bits per heavy atom. The van der Waals surface area contributed by atoms with Gasteiger partial charge in [-0.2, -0.15) is 0 Å². The summed E-state index contributed by atoms with van der Waals surface area (Å²) >= 11 is 0. The number of carbonyl (C=O) groups is 2. The Bertz CT molecular complexity index is 344. The monoisotopic (exact) mass is 298 g/mol. The third-order valence-electron chi connectivity index (χ3n) is 4.00. The predicted octanol–water partition coefficient (Wildman–Crippen LogP) is 1.60. The van der Waals surface area contributed by atoms with Crippen molar-refractivity contribution in [2.75, 3.05) is 13.1 Å². The maximum Gasteiger partial charge on any atom is 0.225 e. The van der Waals surface area contributed by atoms with E-state index in [2.05, 4.69) is 10.6 Å². The number of nitrogens with one attached hydrogen (secondary N) is 2. The van der Waals surface area contributed by atoms with E-state index in [1.165, 1.54) is 12.8 Å². The first kappa shape index (κ1) is 18.0. The highest BCUT2D eigenvalue weighted by Gasteiger charge is 2.23. The van der Waals surface area contributed by atoms with Gasteiger partial charge < -0.3 is 15.7 Å². The largest absolute Gasteiger partial charge is 0.391 e. The predicted molar refractivity (Wildman–Crippen MR) is 82.7 cm³/mol. The highest BCUT2D eigenvalue weighted by molar-refractivity contribution is 5.81. The molecular weight excluding hydrogens is 268 g/mol.